The van der Waals surface area contributed by atoms with Gasteiger partial charge in [-0.25, -0.2) is 4.79 Å². The summed E-state index contributed by atoms with van der Waals surface area (Å²) in [6.07, 6.45) is 7.50. The van der Waals surface area contributed by atoms with Crippen LogP contribution in [0.4, 0.5) is 4.79 Å². The summed E-state index contributed by atoms with van der Waals surface area (Å²) in [5, 5.41) is 14.0. The highest BCUT2D eigenvalue weighted by atomic mass is 16.4. The average molecular weight is 256 g/mol. The van der Waals surface area contributed by atoms with E-state index in [9.17, 15) is 9.59 Å². The fourth-order valence-corrected chi connectivity index (χ4v) is 2.45. The van der Waals surface area contributed by atoms with Crippen LogP contribution >= 0.6 is 0 Å². The first-order chi connectivity index (χ1) is 8.58. The quantitative estimate of drug-likeness (QED) is 0.681. The van der Waals surface area contributed by atoms with Gasteiger partial charge < -0.3 is 15.7 Å². The molecule has 2 amide bonds. The first-order valence-corrected chi connectivity index (χ1v) is 6.84. The smallest absolute Gasteiger partial charge is 0.315 e. The molecule has 104 valence electrons. The molecular weight excluding hydrogens is 232 g/mol. The summed E-state index contributed by atoms with van der Waals surface area (Å²) in [6, 6.07) is -0.600. The normalized spacial score (nSPS) is 18.1. The van der Waals surface area contributed by atoms with E-state index in [0.29, 0.717) is 6.54 Å². The molecule has 1 unspecified atom stereocenters. The van der Waals surface area contributed by atoms with Crippen molar-refractivity contribution in [3.05, 3.63) is 0 Å². The molecule has 0 radical (unpaired) electrons. The number of carboxylic acids is 1. The lowest BCUT2D eigenvalue weighted by Crippen LogP contribution is -2.42. The molecule has 0 aliphatic heterocycles. The predicted octanol–water partition coefficient (Wildman–Crippen LogP) is 2.12. The molecule has 1 fully saturated rings. The molecule has 1 saturated carbocycles. The van der Waals surface area contributed by atoms with Gasteiger partial charge in [0.05, 0.1) is 6.42 Å². The second kappa shape index (κ2) is 7.95. The topological polar surface area (TPSA) is 78.4 Å². The molecule has 0 heterocycles. The molecule has 0 aromatic rings. The van der Waals surface area contributed by atoms with Crippen LogP contribution in [0.5, 0.6) is 0 Å². The Kier molecular flexibility index (Phi) is 6.54. The van der Waals surface area contributed by atoms with E-state index in [1.54, 1.807) is 6.92 Å². The average Bonchev–Trinajstić information content (AvgIpc) is 2.29. The van der Waals surface area contributed by atoms with Gasteiger partial charge in [-0.05, 0) is 19.3 Å². The number of nitrogens with one attached hydrogen (secondary N) is 2. The molecule has 0 aromatic heterocycles. The standard InChI is InChI=1S/C13H24N2O3/c1-10(9-12(16)17)15-13(18)14-8-7-11-5-3-2-4-6-11/h10-11H,2-9H2,1H3,(H,16,17)(H2,14,15,18). The van der Waals surface area contributed by atoms with E-state index < -0.39 is 5.97 Å². The molecule has 5 nitrogen and oxygen atoms in total. The molecule has 0 saturated heterocycles. The van der Waals surface area contributed by atoms with Gasteiger partial charge in [-0.1, -0.05) is 32.1 Å². The summed E-state index contributed by atoms with van der Waals surface area (Å²) in [4.78, 5) is 21.9. The van der Waals surface area contributed by atoms with Crippen LogP contribution in [0.15, 0.2) is 0 Å². The van der Waals surface area contributed by atoms with Gasteiger partial charge >= 0.3 is 12.0 Å². The second-order valence-corrected chi connectivity index (χ2v) is 5.19. The summed E-state index contributed by atoms with van der Waals surface area (Å²) in [5.74, 6) is -0.152. The number of hydrogen-bond donors (Lipinski definition) is 3. The van der Waals surface area contributed by atoms with Crippen LogP contribution < -0.4 is 10.6 Å². The summed E-state index contributed by atoms with van der Waals surface area (Å²) in [7, 11) is 0. The molecule has 1 atom stereocenters. The highest BCUT2D eigenvalue weighted by Gasteiger charge is 2.14. The Morgan fingerprint density at radius 2 is 1.94 bits per heavy atom. The molecule has 1 rings (SSSR count). The van der Waals surface area contributed by atoms with Gasteiger partial charge in [0, 0.05) is 12.6 Å². The van der Waals surface area contributed by atoms with Gasteiger partial charge in [0.15, 0.2) is 0 Å². The van der Waals surface area contributed by atoms with Crippen molar-refractivity contribution in [3.8, 4) is 0 Å². The first kappa shape index (κ1) is 14.8. The molecule has 0 bridgehead atoms. The van der Waals surface area contributed by atoms with Crippen molar-refractivity contribution in [2.24, 2.45) is 5.92 Å². The number of carbonyl (C=O) groups excluding carboxylic acids is 1. The Morgan fingerprint density at radius 1 is 1.28 bits per heavy atom. The van der Waals surface area contributed by atoms with Crippen molar-refractivity contribution >= 4 is 12.0 Å². The lowest BCUT2D eigenvalue weighted by molar-refractivity contribution is -0.137. The van der Waals surface area contributed by atoms with E-state index in [1.807, 2.05) is 0 Å². The number of carbonyl (C=O) groups is 2. The Bertz CT molecular complexity index is 275. The number of hydrogen-bond acceptors (Lipinski definition) is 2. The number of amides is 2. The van der Waals surface area contributed by atoms with Crippen LogP contribution in [-0.2, 0) is 4.79 Å². The molecule has 3 N–H and O–H groups in total. The maximum atomic E-state index is 11.5. The highest BCUT2D eigenvalue weighted by molar-refractivity contribution is 5.75. The summed E-state index contributed by atoms with van der Waals surface area (Å²) in [6.45, 7) is 2.37. The van der Waals surface area contributed by atoms with E-state index >= 15 is 0 Å². The zero-order valence-corrected chi connectivity index (χ0v) is 11.1. The molecule has 0 spiro atoms. The minimum Gasteiger partial charge on any atom is -0.481 e. The Hall–Kier alpha value is -1.26. The maximum absolute atomic E-state index is 11.5. The van der Waals surface area contributed by atoms with Crippen molar-refractivity contribution < 1.29 is 14.7 Å². The van der Waals surface area contributed by atoms with Gasteiger partial charge in [0.25, 0.3) is 0 Å². The third-order valence-corrected chi connectivity index (χ3v) is 3.42. The Labute approximate surface area is 108 Å². The fourth-order valence-electron chi connectivity index (χ4n) is 2.45. The number of carboxylic acid groups (broad SMARTS) is 1. The van der Waals surface area contributed by atoms with Gasteiger partial charge in [0.1, 0.15) is 0 Å². The van der Waals surface area contributed by atoms with Gasteiger partial charge in [-0.15, -0.1) is 0 Å². The maximum Gasteiger partial charge on any atom is 0.315 e. The van der Waals surface area contributed by atoms with Crippen molar-refractivity contribution in [3.63, 3.8) is 0 Å². The lowest BCUT2D eigenvalue weighted by atomic mass is 9.87. The summed E-state index contributed by atoms with van der Waals surface area (Å²) < 4.78 is 0. The van der Waals surface area contributed by atoms with Crippen LogP contribution in [0.2, 0.25) is 0 Å². The van der Waals surface area contributed by atoms with E-state index in [1.165, 1.54) is 32.1 Å². The molecule has 1 aliphatic carbocycles. The fraction of sp³-hybridized carbons (Fsp3) is 0.846. The van der Waals surface area contributed by atoms with Gasteiger partial charge in [0.2, 0.25) is 0 Å². The molecule has 5 heteroatoms. The number of rotatable bonds is 6. The molecule has 18 heavy (non-hydrogen) atoms. The van der Waals surface area contributed by atoms with Crippen LogP contribution in [0.1, 0.15) is 51.9 Å². The minimum atomic E-state index is -0.898. The Balaban J connectivity index is 2.07. The third kappa shape index (κ3) is 6.47. The van der Waals surface area contributed by atoms with Crippen molar-refractivity contribution in [1.82, 2.24) is 10.6 Å². The Morgan fingerprint density at radius 3 is 2.56 bits per heavy atom. The van der Waals surface area contributed by atoms with Gasteiger partial charge in [-0.3, -0.25) is 4.79 Å². The largest absolute Gasteiger partial charge is 0.481 e. The molecule has 0 aromatic carbocycles. The predicted molar refractivity (Wildman–Crippen MR) is 69.4 cm³/mol. The monoisotopic (exact) mass is 256 g/mol. The van der Waals surface area contributed by atoms with Crippen LogP contribution in [-0.4, -0.2) is 29.7 Å². The van der Waals surface area contributed by atoms with E-state index in [0.717, 1.165) is 12.3 Å². The van der Waals surface area contributed by atoms with Crippen LogP contribution in [0, 0.1) is 5.92 Å². The number of urea groups is 1. The third-order valence-electron chi connectivity index (χ3n) is 3.42. The molecule has 1 aliphatic rings. The zero-order chi connectivity index (χ0) is 13.4. The van der Waals surface area contributed by atoms with E-state index in [4.69, 9.17) is 5.11 Å². The minimum absolute atomic E-state index is 0.0456. The number of aliphatic carboxylic acids is 1. The van der Waals surface area contributed by atoms with Crippen molar-refractivity contribution in [2.45, 2.75) is 57.9 Å². The van der Waals surface area contributed by atoms with Crippen molar-refractivity contribution in [2.75, 3.05) is 6.54 Å². The second-order valence-electron chi connectivity index (χ2n) is 5.19. The summed E-state index contributed by atoms with van der Waals surface area (Å²) >= 11 is 0. The van der Waals surface area contributed by atoms with Crippen LogP contribution in [0.25, 0.3) is 0 Å². The lowest BCUT2D eigenvalue weighted by Gasteiger charge is -2.21. The van der Waals surface area contributed by atoms with E-state index in [-0.39, 0.29) is 18.5 Å². The first-order valence-electron chi connectivity index (χ1n) is 6.84. The van der Waals surface area contributed by atoms with Gasteiger partial charge in [-0.2, -0.15) is 0 Å². The van der Waals surface area contributed by atoms with E-state index in [2.05, 4.69) is 10.6 Å². The summed E-state index contributed by atoms with van der Waals surface area (Å²) in [5.41, 5.74) is 0. The molecular formula is C13H24N2O3. The van der Waals surface area contributed by atoms with Crippen LogP contribution in [0.3, 0.4) is 0 Å². The van der Waals surface area contributed by atoms with Crippen molar-refractivity contribution in [1.29, 1.82) is 0 Å². The highest BCUT2D eigenvalue weighted by Crippen LogP contribution is 2.25. The SMILES string of the molecule is CC(CC(=O)O)NC(=O)NCCC1CCCCC1. The zero-order valence-electron chi connectivity index (χ0n) is 11.1.